The molecule has 1 aromatic heterocycles. The predicted octanol–water partition coefficient (Wildman–Crippen LogP) is 5.60. The van der Waals surface area contributed by atoms with Crippen molar-refractivity contribution in [3.8, 4) is 5.75 Å². The first kappa shape index (κ1) is 20.5. The van der Waals surface area contributed by atoms with E-state index >= 15 is 0 Å². The summed E-state index contributed by atoms with van der Waals surface area (Å²) in [4.78, 5) is 14.5. The van der Waals surface area contributed by atoms with Gasteiger partial charge in [-0.25, -0.2) is 0 Å². The third kappa shape index (κ3) is 4.53. The SMILES string of the molecule is COc1cccc2c(C(C)=O)cn(CCCN3C=CC(CC4C=CC=CC4)CC3)c12. The van der Waals surface area contributed by atoms with Gasteiger partial charge in [-0.1, -0.05) is 42.5 Å². The van der Waals surface area contributed by atoms with Gasteiger partial charge in [0.15, 0.2) is 5.78 Å². The number of hydrogen-bond donors (Lipinski definition) is 0. The van der Waals surface area contributed by atoms with E-state index < -0.39 is 0 Å². The lowest BCUT2D eigenvalue weighted by Gasteiger charge is -2.29. The summed E-state index contributed by atoms with van der Waals surface area (Å²) in [5, 5.41) is 0.981. The first-order valence-corrected chi connectivity index (χ1v) is 11.1. The van der Waals surface area contributed by atoms with Crippen molar-refractivity contribution in [1.29, 1.82) is 0 Å². The van der Waals surface area contributed by atoms with Gasteiger partial charge in [0.2, 0.25) is 0 Å². The molecule has 2 unspecified atom stereocenters. The quantitative estimate of drug-likeness (QED) is 0.537. The molecule has 1 aliphatic carbocycles. The molecule has 2 atom stereocenters. The number of allylic oxidation sites excluding steroid dienone is 5. The summed E-state index contributed by atoms with van der Waals surface area (Å²) in [5.74, 6) is 2.31. The Morgan fingerprint density at radius 2 is 2.07 bits per heavy atom. The summed E-state index contributed by atoms with van der Waals surface area (Å²) in [6.07, 6.45) is 20.4. The second-order valence-corrected chi connectivity index (χ2v) is 8.47. The zero-order valence-electron chi connectivity index (χ0n) is 18.1. The number of Topliss-reactive ketones (excluding diaryl/α,β-unsaturated/α-hetero) is 1. The molecule has 30 heavy (non-hydrogen) atoms. The summed E-state index contributed by atoms with van der Waals surface area (Å²) in [6.45, 7) is 4.66. The van der Waals surface area contributed by atoms with Crippen molar-refractivity contribution in [2.45, 2.75) is 39.2 Å². The Balaban J connectivity index is 1.35. The minimum atomic E-state index is 0.0975. The van der Waals surface area contributed by atoms with Gasteiger partial charge in [-0.05, 0) is 56.7 Å². The molecule has 2 heterocycles. The van der Waals surface area contributed by atoms with Crippen molar-refractivity contribution in [1.82, 2.24) is 9.47 Å². The van der Waals surface area contributed by atoms with E-state index in [0.29, 0.717) is 11.8 Å². The van der Waals surface area contributed by atoms with Gasteiger partial charge in [-0.2, -0.15) is 0 Å². The van der Waals surface area contributed by atoms with Crippen molar-refractivity contribution in [3.05, 3.63) is 66.5 Å². The lowest BCUT2D eigenvalue weighted by molar-refractivity contribution is 0.101. The molecule has 4 heteroatoms. The highest BCUT2D eigenvalue weighted by molar-refractivity contribution is 6.08. The fourth-order valence-corrected chi connectivity index (χ4v) is 4.72. The van der Waals surface area contributed by atoms with Crippen LogP contribution in [0, 0.1) is 11.8 Å². The van der Waals surface area contributed by atoms with Gasteiger partial charge in [0, 0.05) is 36.8 Å². The van der Waals surface area contributed by atoms with Crippen LogP contribution in [0.3, 0.4) is 0 Å². The van der Waals surface area contributed by atoms with E-state index in [1.165, 1.54) is 19.3 Å². The number of aryl methyl sites for hydroxylation is 1. The molecule has 2 aliphatic rings. The van der Waals surface area contributed by atoms with E-state index in [4.69, 9.17) is 4.74 Å². The number of carbonyl (C=O) groups is 1. The number of ether oxygens (including phenoxy) is 1. The van der Waals surface area contributed by atoms with Gasteiger partial charge in [0.25, 0.3) is 0 Å². The van der Waals surface area contributed by atoms with Crippen LogP contribution in [-0.4, -0.2) is 35.4 Å². The second kappa shape index (κ2) is 9.38. The molecule has 4 nitrogen and oxygen atoms in total. The van der Waals surface area contributed by atoms with Crippen LogP contribution < -0.4 is 4.74 Å². The average Bonchev–Trinajstić information content (AvgIpc) is 3.15. The number of ketones is 1. The van der Waals surface area contributed by atoms with Crippen LogP contribution >= 0.6 is 0 Å². The molecular weight excluding hydrogens is 372 g/mol. The smallest absolute Gasteiger partial charge is 0.161 e. The third-order valence-electron chi connectivity index (χ3n) is 6.34. The summed E-state index contributed by atoms with van der Waals surface area (Å²) in [6, 6.07) is 5.93. The predicted molar refractivity (Wildman–Crippen MR) is 123 cm³/mol. The molecule has 1 aromatic carbocycles. The molecule has 0 amide bonds. The molecule has 0 saturated carbocycles. The number of benzene rings is 1. The minimum absolute atomic E-state index is 0.0975. The Labute approximate surface area is 179 Å². The second-order valence-electron chi connectivity index (χ2n) is 8.47. The summed E-state index contributed by atoms with van der Waals surface area (Å²) >= 11 is 0. The van der Waals surface area contributed by atoms with Crippen LogP contribution in [0.25, 0.3) is 10.9 Å². The lowest BCUT2D eigenvalue weighted by atomic mass is 9.87. The molecular formula is C26H32N2O2. The summed E-state index contributed by atoms with van der Waals surface area (Å²) in [7, 11) is 1.69. The number of rotatable bonds is 8. The number of methoxy groups -OCH3 is 1. The normalized spacial score (nSPS) is 20.8. The number of aromatic nitrogens is 1. The van der Waals surface area contributed by atoms with Crippen LogP contribution in [0.5, 0.6) is 5.75 Å². The first-order valence-electron chi connectivity index (χ1n) is 11.1. The van der Waals surface area contributed by atoms with Crippen LogP contribution in [0.1, 0.15) is 43.0 Å². The lowest BCUT2D eigenvalue weighted by Crippen LogP contribution is -2.27. The van der Waals surface area contributed by atoms with Crippen LogP contribution in [0.2, 0.25) is 0 Å². The highest BCUT2D eigenvalue weighted by Crippen LogP contribution is 2.31. The Bertz CT molecular complexity index is 982. The fourth-order valence-electron chi connectivity index (χ4n) is 4.72. The van der Waals surface area contributed by atoms with Crippen molar-refractivity contribution in [3.63, 3.8) is 0 Å². The maximum absolute atomic E-state index is 12.1. The maximum Gasteiger partial charge on any atom is 0.161 e. The van der Waals surface area contributed by atoms with Crippen LogP contribution in [-0.2, 0) is 6.54 Å². The van der Waals surface area contributed by atoms with Crippen LogP contribution in [0.4, 0.5) is 0 Å². The molecule has 0 N–H and O–H groups in total. The number of hydrogen-bond acceptors (Lipinski definition) is 3. The number of carbonyl (C=O) groups excluding carboxylic acids is 1. The molecule has 0 saturated heterocycles. The van der Waals surface area contributed by atoms with E-state index in [0.717, 1.165) is 48.3 Å². The zero-order chi connectivity index (χ0) is 20.9. The van der Waals surface area contributed by atoms with Gasteiger partial charge in [0.05, 0.1) is 12.6 Å². The number of nitrogens with zero attached hydrogens (tertiary/aromatic N) is 2. The van der Waals surface area contributed by atoms with Crippen LogP contribution in [0.15, 0.2) is 61.0 Å². The Morgan fingerprint density at radius 1 is 1.17 bits per heavy atom. The van der Waals surface area contributed by atoms with Crippen molar-refractivity contribution in [2.24, 2.45) is 11.8 Å². The fraction of sp³-hybridized carbons (Fsp3) is 0.423. The number of fused-ring (bicyclic) bond motifs is 1. The molecule has 4 rings (SSSR count). The van der Waals surface area contributed by atoms with Gasteiger partial charge < -0.3 is 14.2 Å². The van der Waals surface area contributed by atoms with E-state index in [1.54, 1.807) is 14.0 Å². The van der Waals surface area contributed by atoms with E-state index in [-0.39, 0.29) is 5.78 Å². The Kier molecular flexibility index (Phi) is 6.41. The van der Waals surface area contributed by atoms with Gasteiger partial charge >= 0.3 is 0 Å². The average molecular weight is 405 g/mol. The largest absolute Gasteiger partial charge is 0.495 e. The van der Waals surface area contributed by atoms with Crippen molar-refractivity contribution in [2.75, 3.05) is 20.2 Å². The topological polar surface area (TPSA) is 34.5 Å². The van der Waals surface area contributed by atoms with Crippen molar-refractivity contribution >= 4 is 16.7 Å². The Morgan fingerprint density at radius 3 is 2.77 bits per heavy atom. The number of para-hydroxylation sites is 1. The Hall–Kier alpha value is -2.75. The summed E-state index contributed by atoms with van der Waals surface area (Å²) < 4.78 is 7.75. The molecule has 1 aliphatic heterocycles. The van der Waals surface area contributed by atoms with E-state index in [9.17, 15) is 4.79 Å². The maximum atomic E-state index is 12.1. The van der Waals surface area contributed by atoms with E-state index in [2.05, 4.69) is 46.0 Å². The summed E-state index contributed by atoms with van der Waals surface area (Å²) in [5.41, 5.74) is 1.80. The minimum Gasteiger partial charge on any atom is -0.495 e. The monoisotopic (exact) mass is 404 g/mol. The van der Waals surface area contributed by atoms with Gasteiger partial charge in [0.1, 0.15) is 5.75 Å². The molecule has 0 radical (unpaired) electrons. The van der Waals surface area contributed by atoms with Gasteiger partial charge in [-0.15, -0.1) is 0 Å². The molecule has 2 aromatic rings. The van der Waals surface area contributed by atoms with E-state index in [1.807, 2.05) is 24.4 Å². The van der Waals surface area contributed by atoms with Crippen molar-refractivity contribution < 1.29 is 9.53 Å². The highest BCUT2D eigenvalue weighted by Gasteiger charge is 2.18. The van der Waals surface area contributed by atoms with Gasteiger partial charge in [-0.3, -0.25) is 4.79 Å². The molecule has 0 fully saturated rings. The zero-order valence-corrected chi connectivity index (χ0v) is 18.1. The third-order valence-corrected chi connectivity index (χ3v) is 6.34. The first-order chi connectivity index (χ1) is 14.7. The molecule has 0 bridgehead atoms. The molecule has 158 valence electrons. The molecule has 0 spiro atoms. The standard InChI is InChI=1S/C26H32N2O2/c1-20(29)24-19-28(26-23(24)10-6-11-25(26)30-2)15-7-14-27-16-12-22(13-17-27)18-21-8-4-3-5-9-21/h3-6,8,10-12,16,19,21-22H,7,9,13-15,17-18H2,1-2H3. The highest BCUT2D eigenvalue weighted by atomic mass is 16.5.